The van der Waals surface area contributed by atoms with Gasteiger partial charge in [0.1, 0.15) is 12.4 Å². The minimum atomic E-state index is -3.79. The molecule has 11 heteroatoms. The van der Waals surface area contributed by atoms with Crippen molar-refractivity contribution in [2.45, 2.75) is 36.7 Å². The predicted octanol–water partition coefficient (Wildman–Crippen LogP) is 5.69. The number of sulfonamides is 1. The van der Waals surface area contributed by atoms with Gasteiger partial charge in [-0.15, -0.1) is 0 Å². The van der Waals surface area contributed by atoms with Crippen molar-refractivity contribution in [1.82, 2.24) is 19.1 Å². The van der Waals surface area contributed by atoms with Gasteiger partial charge in [-0.1, -0.05) is 42.5 Å². The number of fused-ring (bicyclic) bond motifs is 2. The molecule has 1 aliphatic heterocycles. The second-order valence-corrected chi connectivity index (χ2v) is 11.9. The molecule has 0 amide bonds. The van der Waals surface area contributed by atoms with Crippen LogP contribution in [0, 0.1) is 10.1 Å². The average Bonchev–Trinajstić information content (AvgIpc) is 3.48. The number of nitrogens with one attached hydrogen (secondary N) is 1. The topological polar surface area (TPSA) is 123 Å². The van der Waals surface area contributed by atoms with Gasteiger partial charge < -0.3 is 5.32 Å². The Morgan fingerprint density at radius 1 is 0.975 bits per heavy atom. The number of rotatable bonds is 7. The summed E-state index contributed by atoms with van der Waals surface area (Å²) in [5.41, 5.74) is 1.89. The summed E-state index contributed by atoms with van der Waals surface area (Å²) in [5, 5.41) is 22.4. The highest BCUT2D eigenvalue weighted by atomic mass is 32.2. The van der Waals surface area contributed by atoms with Crippen molar-refractivity contribution in [2.75, 3.05) is 18.4 Å². The summed E-state index contributed by atoms with van der Waals surface area (Å²) in [4.78, 5) is 15.1. The lowest BCUT2D eigenvalue weighted by molar-refractivity contribution is -0.385. The van der Waals surface area contributed by atoms with E-state index in [2.05, 4.69) is 46.6 Å². The number of piperidine rings is 1. The fraction of sp³-hybridized carbons (Fsp3) is 0.241. The summed E-state index contributed by atoms with van der Waals surface area (Å²) in [7, 11) is -3.79. The van der Waals surface area contributed by atoms with E-state index in [1.54, 1.807) is 29.2 Å². The summed E-state index contributed by atoms with van der Waals surface area (Å²) in [5.74, 6) is 0. The van der Waals surface area contributed by atoms with E-state index >= 15 is 0 Å². The zero-order valence-electron chi connectivity index (χ0n) is 21.8. The Bertz CT molecular complexity index is 1820. The lowest BCUT2D eigenvalue weighted by Crippen LogP contribution is -2.39. The van der Waals surface area contributed by atoms with E-state index in [4.69, 9.17) is 0 Å². The Balaban J connectivity index is 1.26. The van der Waals surface area contributed by atoms with Gasteiger partial charge in [-0.3, -0.25) is 19.8 Å². The number of nitro groups is 1. The second-order valence-electron chi connectivity index (χ2n) is 10.0. The molecule has 1 atom stereocenters. The Morgan fingerprint density at radius 3 is 2.52 bits per heavy atom. The predicted molar refractivity (Wildman–Crippen MR) is 154 cm³/mol. The van der Waals surface area contributed by atoms with Crippen molar-refractivity contribution < 1.29 is 13.3 Å². The van der Waals surface area contributed by atoms with Crippen LogP contribution in [0.3, 0.4) is 0 Å². The van der Waals surface area contributed by atoms with Crippen molar-refractivity contribution >= 4 is 42.9 Å². The molecule has 40 heavy (non-hydrogen) atoms. The molecule has 0 spiro atoms. The molecule has 0 saturated carbocycles. The molecule has 1 N–H and O–H groups in total. The molecule has 0 bridgehead atoms. The Morgan fingerprint density at radius 2 is 1.75 bits per heavy atom. The first-order chi connectivity index (χ1) is 19.3. The highest BCUT2D eigenvalue weighted by Crippen LogP contribution is 2.35. The summed E-state index contributed by atoms with van der Waals surface area (Å²) in [6.07, 6.45) is 6.96. The lowest BCUT2D eigenvalue weighted by Gasteiger charge is -2.31. The summed E-state index contributed by atoms with van der Waals surface area (Å²) in [6.45, 7) is 2.68. The SMILES string of the molecule is C[C@H](Nc1ccc(S(=O)(=O)N2CCC(n3cc([N+](=O)[O-])cn3)CC2)c2ccncc12)c1cccc2ccccc12. The van der Waals surface area contributed by atoms with Crippen LogP contribution in [-0.4, -0.2) is 45.5 Å². The molecule has 6 rings (SSSR count). The van der Waals surface area contributed by atoms with Crippen LogP contribution < -0.4 is 5.32 Å². The van der Waals surface area contributed by atoms with Gasteiger partial charge in [-0.05, 0) is 54.3 Å². The van der Waals surface area contributed by atoms with Crippen LogP contribution in [0.1, 0.15) is 37.4 Å². The first kappa shape index (κ1) is 25.9. The number of hydrogen-bond acceptors (Lipinski definition) is 7. The number of nitrogens with zero attached hydrogens (tertiary/aromatic N) is 5. The van der Waals surface area contributed by atoms with E-state index in [0.29, 0.717) is 31.3 Å². The van der Waals surface area contributed by atoms with E-state index in [9.17, 15) is 18.5 Å². The summed E-state index contributed by atoms with van der Waals surface area (Å²) < 4.78 is 30.7. The molecule has 0 radical (unpaired) electrons. The number of anilines is 1. The zero-order chi connectivity index (χ0) is 27.9. The molecular weight excluding hydrogens is 528 g/mol. The van der Waals surface area contributed by atoms with Crippen molar-refractivity contribution in [1.29, 1.82) is 0 Å². The fourth-order valence-electron chi connectivity index (χ4n) is 5.56. The van der Waals surface area contributed by atoms with Gasteiger partial charge in [-0.25, -0.2) is 8.42 Å². The zero-order valence-corrected chi connectivity index (χ0v) is 22.7. The van der Waals surface area contributed by atoms with Crippen LogP contribution in [-0.2, 0) is 10.0 Å². The summed E-state index contributed by atoms with van der Waals surface area (Å²) in [6, 6.07) is 19.6. The largest absolute Gasteiger partial charge is 0.378 e. The van der Waals surface area contributed by atoms with Gasteiger partial charge in [0.05, 0.1) is 15.9 Å². The van der Waals surface area contributed by atoms with Crippen molar-refractivity contribution in [3.63, 3.8) is 0 Å². The maximum absolute atomic E-state index is 13.8. The van der Waals surface area contributed by atoms with Crippen molar-refractivity contribution in [2.24, 2.45) is 0 Å². The number of hydrogen-bond donors (Lipinski definition) is 1. The highest BCUT2D eigenvalue weighted by Gasteiger charge is 2.32. The van der Waals surface area contributed by atoms with Crippen LogP contribution in [0.15, 0.2) is 90.3 Å². The molecule has 0 aliphatic carbocycles. The number of benzene rings is 3. The van der Waals surface area contributed by atoms with Gasteiger partial charge >= 0.3 is 5.69 Å². The van der Waals surface area contributed by atoms with Crippen LogP contribution in [0.5, 0.6) is 0 Å². The molecular formula is C29H28N6O4S. The molecule has 10 nitrogen and oxygen atoms in total. The average molecular weight is 557 g/mol. The molecule has 1 aliphatic rings. The lowest BCUT2D eigenvalue weighted by atomic mass is 9.99. The third-order valence-corrected chi connectivity index (χ3v) is 9.61. The molecule has 2 aromatic heterocycles. The quantitative estimate of drug-likeness (QED) is 0.202. The van der Waals surface area contributed by atoms with Crippen LogP contribution in [0.4, 0.5) is 11.4 Å². The minimum Gasteiger partial charge on any atom is -0.378 e. The van der Waals surface area contributed by atoms with Gasteiger partial charge in [0, 0.05) is 48.0 Å². The maximum Gasteiger partial charge on any atom is 0.307 e. The van der Waals surface area contributed by atoms with Crippen molar-refractivity contribution in [3.8, 4) is 0 Å². The second kappa shape index (κ2) is 10.3. The van der Waals surface area contributed by atoms with Crippen molar-refractivity contribution in [3.05, 3.63) is 101 Å². The smallest absolute Gasteiger partial charge is 0.307 e. The van der Waals surface area contributed by atoms with Gasteiger partial charge in [0.2, 0.25) is 10.0 Å². The standard InChI is InChI=1S/C29H28N6O4S/c1-20(24-8-4-6-21-5-2-3-7-25(21)24)32-28-9-10-29(26-11-14-30-18-27(26)28)40(38,39)33-15-12-22(13-16-33)34-19-23(17-31-34)35(36)37/h2-11,14,17-20,22,32H,12-13,15-16H2,1H3/t20-/m0/s1. The van der Waals surface area contributed by atoms with Gasteiger partial charge in [0.15, 0.2) is 0 Å². The number of pyridine rings is 1. The highest BCUT2D eigenvalue weighted by molar-refractivity contribution is 7.89. The summed E-state index contributed by atoms with van der Waals surface area (Å²) >= 11 is 0. The molecule has 3 aromatic carbocycles. The van der Waals surface area contributed by atoms with E-state index in [-0.39, 0.29) is 22.7 Å². The van der Waals surface area contributed by atoms with E-state index in [0.717, 1.165) is 22.0 Å². The molecule has 5 aromatic rings. The van der Waals surface area contributed by atoms with Crippen LogP contribution >= 0.6 is 0 Å². The minimum absolute atomic E-state index is 0.0332. The van der Waals surface area contributed by atoms with Crippen LogP contribution in [0.2, 0.25) is 0 Å². The Labute approximate surface area is 231 Å². The van der Waals surface area contributed by atoms with E-state index < -0.39 is 14.9 Å². The van der Waals surface area contributed by atoms with Gasteiger partial charge in [0.25, 0.3) is 0 Å². The third kappa shape index (κ3) is 4.67. The normalized spacial score (nSPS) is 15.8. The fourth-order valence-corrected chi connectivity index (χ4v) is 7.23. The molecule has 1 fully saturated rings. The monoisotopic (exact) mass is 556 g/mol. The van der Waals surface area contributed by atoms with Gasteiger partial charge in [-0.2, -0.15) is 9.40 Å². The molecule has 204 valence electrons. The third-order valence-electron chi connectivity index (χ3n) is 7.65. The molecule has 1 saturated heterocycles. The van der Waals surface area contributed by atoms with Crippen LogP contribution in [0.25, 0.3) is 21.5 Å². The maximum atomic E-state index is 13.8. The molecule has 3 heterocycles. The number of aromatic nitrogens is 3. The van der Waals surface area contributed by atoms with E-state index in [1.165, 1.54) is 22.1 Å². The Kier molecular flexibility index (Phi) is 6.68. The Hall–Kier alpha value is -4.35. The first-order valence-electron chi connectivity index (χ1n) is 13.1. The van der Waals surface area contributed by atoms with E-state index in [1.807, 2.05) is 24.3 Å². The first-order valence-corrected chi connectivity index (χ1v) is 14.6. The molecule has 0 unspecified atom stereocenters.